The van der Waals surface area contributed by atoms with Crippen LogP contribution in [0.3, 0.4) is 0 Å². The first-order valence-electron chi connectivity index (χ1n) is 7.85. The molecule has 136 valence electrons. The molecule has 0 heterocycles. The third-order valence-electron chi connectivity index (χ3n) is 3.74. The van der Waals surface area contributed by atoms with Crippen LogP contribution in [0, 0.1) is 5.41 Å². The molecule has 1 aromatic carbocycles. The molecule has 0 radical (unpaired) electrons. The first-order chi connectivity index (χ1) is 11.0. The summed E-state index contributed by atoms with van der Waals surface area (Å²) in [6.45, 7) is 5.87. The van der Waals surface area contributed by atoms with E-state index < -0.39 is 23.8 Å². The predicted molar refractivity (Wildman–Crippen MR) is 86.6 cm³/mol. The van der Waals surface area contributed by atoms with Gasteiger partial charge in [-0.05, 0) is 36.8 Å². The minimum absolute atomic E-state index is 0.0287. The lowest BCUT2D eigenvalue weighted by Crippen LogP contribution is -2.45. The van der Waals surface area contributed by atoms with Crippen molar-refractivity contribution in [1.29, 1.82) is 0 Å². The third-order valence-corrected chi connectivity index (χ3v) is 3.74. The number of amides is 2. The summed E-state index contributed by atoms with van der Waals surface area (Å²) in [5.41, 5.74) is -0.778. The molecular formula is C17H25F3N2O2. The van der Waals surface area contributed by atoms with E-state index >= 15 is 0 Å². The molecule has 4 nitrogen and oxygen atoms in total. The van der Waals surface area contributed by atoms with E-state index in [-0.39, 0.29) is 24.0 Å². The Morgan fingerprint density at radius 2 is 1.88 bits per heavy atom. The quantitative estimate of drug-likeness (QED) is 0.709. The number of hydrogen-bond acceptors (Lipinski definition) is 2. The first-order valence-corrected chi connectivity index (χ1v) is 7.85. The number of aliphatic hydroxyl groups excluding tert-OH is 1. The number of carbonyl (C=O) groups is 1. The number of halogens is 3. The van der Waals surface area contributed by atoms with Gasteiger partial charge in [0.1, 0.15) is 0 Å². The van der Waals surface area contributed by atoms with Crippen LogP contribution < -0.4 is 10.6 Å². The smallest absolute Gasteiger partial charge is 0.396 e. The maximum absolute atomic E-state index is 13.0. The van der Waals surface area contributed by atoms with Gasteiger partial charge in [-0.1, -0.05) is 32.0 Å². The SMILES string of the molecule is CC(Cc1ccccc1C(F)(F)F)NC(=O)NCC(C)(C)CCO. The molecule has 3 N–H and O–H groups in total. The van der Waals surface area contributed by atoms with E-state index in [1.807, 2.05) is 13.8 Å². The lowest BCUT2D eigenvalue weighted by molar-refractivity contribution is -0.138. The van der Waals surface area contributed by atoms with Gasteiger partial charge in [0.05, 0.1) is 5.56 Å². The molecule has 0 bridgehead atoms. The largest absolute Gasteiger partial charge is 0.416 e. The van der Waals surface area contributed by atoms with Gasteiger partial charge in [-0.15, -0.1) is 0 Å². The normalized spacial score (nSPS) is 13.5. The molecule has 0 aromatic heterocycles. The highest BCUT2D eigenvalue weighted by atomic mass is 19.4. The lowest BCUT2D eigenvalue weighted by atomic mass is 9.90. The van der Waals surface area contributed by atoms with Crippen LogP contribution in [0.4, 0.5) is 18.0 Å². The summed E-state index contributed by atoms with van der Waals surface area (Å²) in [4.78, 5) is 11.9. The van der Waals surface area contributed by atoms with Crippen molar-refractivity contribution in [3.8, 4) is 0 Å². The van der Waals surface area contributed by atoms with Crippen LogP contribution >= 0.6 is 0 Å². The second kappa shape index (κ2) is 8.37. The molecule has 0 saturated carbocycles. The minimum Gasteiger partial charge on any atom is -0.396 e. The van der Waals surface area contributed by atoms with Crippen LogP contribution in [0.2, 0.25) is 0 Å². The Kier molecular flexibility index (Phi) is 7.08. The summed E-state index contributed by atoms with van der Waals surface area (Å²) in [5.74, 6) is 0. The predicted octanol–water partition coefficient (Wildman–Crippen LogP) is 3.34. The molecule has 0 fully saturated rings. The molecule has 1 unspecified atom stereocenters. The number of rotatable bonds is 7. The molecule has 0 aliphatic heterocycles. The van der Waals surface area contributed by atoms with Crippen LogP contribution in [-0.4, -0.2) is 30.3 Å². The summed E-state index contributed by atoms with van der Waals surface area (Å²) in [6.07, 6.45) is -3.78. The van der Waals surface area contributed by atoms with Gasteiger partial charge in [0.15, 0.2) is 0 Å². The maximum atomic E-state index is 13.0. The van der Waals surface area contributed by atoms with E-state index in [1.165, 1.54) is 12.1 Å². The topological polar surface area (TPSA) is 61.4 Å². The second-order valence-electron chi connectivity index (χ2n) is 6.72. The number of aliphatic hydroxyl groups is 1. The summed E-state index contributed by atoms with van der Waals surface area (Å²) in [6, 6.07) is 4.48. The fraction of sp³-hybridized carbons (Fsp3) is 0.588. The van der Waals surface area contributed by atoms with Crippen molar-refractivity contribution in [3.63, 3.8) is 0 Å². The van der Waals surface area contributed by atoms with Crippen LogP contribution in [-0.2, 0) is 12.6 Å². The summed E-state index contributed by atoms with van der Waals surface area (Å²) < 4.78 is 38.9. The fourth-order valence-corrected chi connectivity index (χ4v) is 2.34. The Morgan fingerprint density at radius 1 is 1.25 bits per heavy atom. The van der Waals surface area contributed by atoms with Crippen molar-refractivity contribution in [1.82, 2.24) is 10.6 Å². The third kappa shape index (κ3) is 6.78. The maximum Gasteiger partial charge on any atom is 0.416 e. The molecule has 7 heteroatoms. The Labute approximate surface area is 140 Å². The van der Waals surface area contributed by atoms with Crippen molar-refractivity contribution in [3.05, 3.63) is 35.4 Å². The average molecular weight is 346 g/mol. The van der Waals surface area contributed by atoms with Crippen LogP contribution in [0.25, 0.3) is 0 Å². The Bertz CT molecular complexity index is 545. The molecule has 0 aliphatic rings. The van der Waals surface area contributed by atoms with Crippen LogP contribution in [0.15, 0.2) is 24.3 Å². The summed E-state index contributed by atoms with van der Waals surface area (Å²) in [7, 11) is 0. The van der Waals surface area contributed by atoms with E-state index in [4.69, 9.17) is 5.11 Å². The van der Waals surface area contributed by atoms with Gasteiger partial charge in [-0.25, -0.2) is 4.79 Å². The fourth-order valence-electron chi connectivity index (χ4n) is 2.34. The first kappa shape index (κ1) is 20.3. The van der Waals surface area contributed by atoms with E-state index in [0.29, 0.717) is 13.0 Å². The molecule has 1 rings (SSSR count). The highest BCUT2D eigenvalue weighted by Crippen LogP contribution is 2.32. The van der Waals surface area contributed by atoms with Gasteiger partial charge in [0.25, 0.3) is 0 Å². The monoisotopic (exact) mass is 346 g/mol. The van der Waals surface area contributed by atoms with E-state index in [9.17, 15) is 18.0 Å². The van der Waals surface area contributed by atoms with Gasteiger partial charge >= 0.3 is 12.2 Å². The highest BCUT2D eigenvalue weighted by Gasteiger charge is 2.33. The lowest BCUT2D eigenvalue weighted by Gasteiger charge is -2.25. The zero-order valence-corrected chi connectivity index (χ0v) is 14.2. The molecule has 0 spiro atoms. The highest BCUT2D eigenvalue weighted by molar-refractivity contribution is 5.74. The van der Waals surface area contributed by atoms with Crippen LogP contribution in [0.1, 0.15) is 38.3 Å². The van der Waals surface area contributed by atoms with E-state index in [1.54, 1.807) is 13.0 Å². The van der Waals surface area contributed by atoms with Gasteiger partial charge < -0.3 is 15.7 Å². The zero-order chi connectivity index (χ0) is 18.4. The average Bonchev–Trinajstić information content (AvgIpc) is 2.44. The van der Waals surface area contributed by atoms with Gasteiger partial charge in [0, 0.05) is 19.2 Å². The number of carbonyl (C=O) groups excluding carboxylic acids is 1. The summed E-state index contributed by atoms with van der Waals surface area (Å²) >= 11 is 0. The number of hydrogen-bond donors (Lipinski definition) is 3. The van der Waals surface area contributed by atoms with Crippen molar-refractivity contribution in [2.45, 2.75) is 45.8 Å². The van der Waals surface area contributed by atoms with E-state index in [0.717, 1.165) is 6.07 Å². The van der Waals surface area contributed by atoms with Gasteiger partial charge in [0.2, 0.25) is 0 Å². The number of alkyl halides is 3. The standard InChI is InChI=1S/C17H25F3N2O2/c1-12(22-15(24)21-11-16(2,3)8-9-23)10-13-6-4-5-7-14(13)17(18,19)20/h4-7,12,23H,8-11H2,1-3H3,(H2,21,22,24). The molecule has 1 aromatic rings. The number of urea groups is 1. The van der Waals surface area contributed by atoms with Crippen molar-refractivity contribution < 1.29 is 23.1 Å². The zero-order valence-electron chi connectivity index (χ0n) is 14.2. The Morgan fingerprint density at radius 3 is 2.46 bits per heavy atom. The molecule has 2 amide bonds. The van der Waals surface area contributed by atoms with E-state index in [2.05, 4.69) is 10.6 Å². The Hall–Kier alpha value is -1.76. The van der Waals surface area contributed by atoms with Crippen LogP contribution in [0.5, 0.6) is 0 Å². The van der Waals surface area contributed by atoms with Gasteiger partial charge in [-0.3, -0.25) is 0 Å². The summed E-state index contributed by atoms with van der Waals surface area (Å²) in [5, 5.41) is 14.3. The minimum atomic E-state index is -4.41. The van der Waals surface area contributed by atoms with Crippen molar-refractivity contribution >= 4 is 6.03 Å². The second-order valence-corrected chi connectivity index (χ2v) is 6.72. The van der Waals surface area contributed by atoms with Gasteiger partial charge in [-0.2, -0.15) is 13.2 Å². The molecule has 0 aliphatic carbocycles. The van der Waals surface area contributed by atoms with Crippen molar-refractivity contribution in [2.24, 2.45) is 5.41 Å². The number of nitrogens with one attached hydrogen (secondary N) is 2. The molecule has 0 saturated heterocycles. The molecular weight excluding hydrogens is 321 g/mol. The van der Waals surface area contributed by atoms with Crippen molar-refractivity contribution in [2.75, 3.05) is 13.2 Å². The molecule has 1 atom stereocenters. The molecule has 24 heavy (non-hydrogen) atoms. The number of benzene rings is 1. The Balaban J connectivity index is 2.58.